The predicted octanol–water partition coefficient (Wildman–Crippen LogP) is 2.52. The number of fused-ring (bicyclic) bond motifs is 2. The molecule has 4 atom stereocenters. The summed E-state index contributed by atoms with van der Waals surface area (Å²) in [6, 6.07) is 16.8. The summed E-state index contributed by atoms with van der Waals surface area (Å²) >= 11 is 0. The zero-order valence-electron chi connectivity index (χ0n) is 18.5. The van der Waals surface area contributed by atoms with Gasteiger partial charge in [-0.25, -0.2) is 23.3 Å². The van der Waals surface area contributed by atoms with Gasteiger partial charge in [0.25, 0.3) is 10.8 Å². The van der Waals surface area contributed by atoms with E-state index in [0.717, 1.165) is 4.90 Å². The minimum Gasteiger partial charge on any atom is -0.267 e. The van der Waals surface area contributed by atoms with Crippen LogP contribution in [0.3, 0.4) is 0 Å². The zero-order chi connectivity index (χ0) is 24.5. The fourth-order valence-corrected chi connectivity index (χ4v) is 8.01. The molecule has 35 heavy (non-hydrogen) atoms. The molecule has 3 heterocycles. The number of hydrogen-bond acceptors (Lipinski definition) is 6. The Morgan fingerprint density at radius 2 is 1.63 bits per heavy atom. The summed E-state index contributed by atoms with van der Waals surface area (Å²) in [4.78, 5) is 41.9. The van der Waals surface area contributed by atoms with Crippen molar-refractivity contribution < 1.29 is 32.6 Å². The SMILES string of the molecule is O=C1C2C[N@@]3CC(S(=O)(=O)Cc4ccccc4)[N+]2(C3)C(=O)N1c1ccc([N+](=O)O)c2ccccc12. The van der Waals surface area contributed by atoms with E-state index in [2.05, 4.69) is 0 Å². The smallest absolute Gasteiger partial charge is 0.267 e. The van der Waals surface area contributed by atoms with Gasteiger partial charge in [0.1, 0.15) is 6.67 Å². The van der Waals surface area contributed by atoms with Gasteiger partial charge in [-0.1, -0.05) is 48.5 Å². The second kappa shape index (κ2) is 7.41. The van der Waals surface area contributed by atoms with Gasteiger partial charge in [-0.05, 0) is 17.7 Å². The van der Waals surface area contributed by atoms with E-state index in [4.69, 9.17) is 0 Å². The largest absolute Gasteiger partial charge is 0.433 e. The van der Waals surface area contributed by atoms with Crippen molar-refractivity contribution in [1.29, 1.82) is 0 Å². The third-order valence-corrected chi connectivity index (χ3v) is 9.44. The number of benzene rings is 3. The molecule has 0 aromatic heterocycles. The molecule has 0 aliphatic carbocycles. The van der Waals surface area contributed by atoms with Gasteiger partial charge in [0.15, 0.2) is 6.04 Å². The van der Waals surface area contributed by atoms with Crippen molar-refractivity contribution in [2.45, 2.75) is 17.2 Å². The summed E-state index contributed by atoms with van der Waals surface area (Å²) in [5, 5.41) is 9.24. The van der Waals surface area contributed by atoms with Gasteiger partial charge in [-0.15, -0.1) is 0 Å². The molecule has 3 amide bonds. The third kappa shape index (κ3) is 2.98. The zero-order valence-corrected chi connectivity index (χ0v) is 19.3. The molecule has 0 radical (unpaired) electrons. The lowest BCUT2D eigenvalue weighted by Gasteiger charge is -2.33. The van der Waals surface area contributed by atoms with Crippen LogP contribution < -0.4 is 4.90 Å². The molecule has 3 aromatic carbocycles. The quantitative estimate of drug-likeness (QED) is 0.329. The maximum atomic E-state index is 14.0. The maximum absolute atomic E-state index is 14.0. The first-order valence-corrected chi connectivity index (χ1v) is 12.9. The van der Waals surface area contributed by atoms with Crippen molar-refractivity contribution in [3.8, 4) is 0 Å². The minimum absolute atomic E-state index is 0.0216. The van der Waals surface area contributed by atoms with Crippen LogP contribution in [-0.4, -0.2) is 71.0 Å². The number of piperazine rings is 1. The number of urea groups is 1. The van der Waals surface area contributed by atoms with Crippen molar-refractivity contribution in [3.05, 3.63) is 77.2 Å². The highest BCUT2D eigenvalue weighted by molar-refractivity contribution is 7.91. The predicted molar refractivity (Wildman–Crippen MR) is 125 cm³/mol. The van der Waals surface area contributed by atoms with Crippen LogP contribution in [0.2, 0.25) is 0 Å². The van der Waals surface area contributed by atoms with Gasteiger partial charge in [0, 0.05) is 11.5 Å². The van der Waals surface area contributed by atoms with Crippen LogP contribution in [-0.2, 0) is 20.4 Å². The van der Waals surface area contributed by atoms with E-state index in [-0.39, 0.29) is 35.3 Å². The summed E-state index contributed by atoms with van der Waals surface area (Å²) < 4.78 is 26.7. The Hall–Kier alpha value is -3.67. The Labute approximate surface area is 200 Å². The first-order valence-electron chi connectivity index (χ1n) is 11.2. The monoisotopic (exact) mass is 494 g/mol. The van der Waals surface area contributed by atoms with Crippen molar-refractivity contribution in [1.82, 2.24) is 4.90 Å². The number of carbonyl (C=O) groups excluding carboxylic acids is 2. The Balaban J connectivity index is 1.45. The second-order valence-electron chi connectivity index (χ2n) is 9.25. The van der Waals surface area contributed by atoms with E-state index in [1.54, 1.807) is 54.6 Å². The number of nitrogens with zero attached hydrogens (tertiary/aromatic N) is 4. The highest BCUT2D eigenvalue weighted by atomic mass is 32.2. The first kappa shape index (κ1) is 21.8. The van der Waals surface area contributed by atoms with Crippen molar-refractivity contribution in [2.75, 3.05) is 24.7 Å². The summed E-state index contributed by atoms with van der Waals surface area (Å²) in [6.07, 6.45) is 0. The number of sulfone groups is 1. The average molecular weight is 495 g/mol. The normalized spacial score (nSPS) is 27.5. The highest BCUT2D eigenvalue weighted by Crippen LogP contribution is 2.47. The number of rotatable bonds is 5. The molecule has 3 fully saturated rings. The van der Waals surface area contributed by atoms with Gasteiger partial charge in [0.2, 0.25) is 15.2 Å². The van der Waals surface area contributed by atoms with Crippen LogP contribution in [0.5, 0.6) is 0 Å². The van der Waals surface area contributed by atoms with E-state index in [1.807, 2.05) is 4.90 Å². The molecule has 3 aliphatic heterocycles. The van der Waals surface area contributed by atoms with Gasteiger partial charge in [0.05, 0.1) is 34.8 Å². The van der Waals surface area contributed by atoms with Gasteiger partial charge in [-0.3, -0.25) is 4.79 Å². The van der Waals surface area contributed by atoms with Gasteiger partial charge < -0.3 is 0 Å². The molecular formula is C24H22N4O6S+2. The fourth-order valence-electron chi connectivity index (χ4n) is 5.84. The standard InChI is InChI=1S/C24H22N4O6S/c29-23-21-12-25-13-22(35(33,34)14-16-6-2-1-3-7-16)28(21,15-25)24(30)26(23)19-10-11-20(27(31)32)18-9-5-4-8-17(18)19/h1-11,21-22H,12-15H2,(H,31,32)/q+2. The molecule has 1 spiro atoms. The second-order valence-corrected chi connectivity index (χ2v) is 11.4. The number of anilines is 1. The number of carbonyl (C=O) groups is 2. The molecule has 3 unspecified atom stereocenters. The van der Waals surface area contributed by atoms with Crippen LogP contribution in [0.25, 0.3) is 10.8 Å². The van der Waals surface area contributed by atoms with Gasteiger partial charge in [-0.2, -0.15) is 9.38 Å². The van der Waals surface area contributed by atoms with Gasteiger partial charge >= 0.3 is 11.7 Å². The molecule has 1 N–H and O–H groups in total. The van der Waals surface area contributed by atoms with E-state index < -0.39 is 37.7 Å². The molecular weight excluding hydrogens is 472 g/mol. The first-order chi connectivity index (χ1) is 16.7. The van der Waals surface area contributed by atoms with E-state index in [0.29, 0.717) is 22.9 Å². The lowest BCUT2D eigenvalue weighted by atomic mass is 10.1. The van der Waals surface area contributed by atoms with Crippen LogP contribution in [0.15, 0.2) is 66.7 Å². The number of amides is 3. The van der Waals surface area contributed by atoms with Crippen molar-refractivity contribution in [2.24, 2.45) is 0 Å². The minimum atomic E-state index is -3.78. The lowest BCUT2D eigenvalue weighted by molar-refractivity contribution is -0.848. The summed E-state index contributed by atoms with van der Waals surface area (Å²) in [6.45, 7) is 0.651. The number of imide groups is 1. The fraction of sp³-hybridized carbons (Fsp3) is 0.250. The molecule has 0 saturated carbocycles. The Morgan fingerprint density at radius 1 is 0.943 bits per heavy atom. The van der Waals surface area contributed by atoms with E-state index in [1.165, 1.54) is 12.1 Å². The topological polar surface area (TPSA) is 115 Å². The molecule has 3 aliphatic rings. The molecule has 10 nitrogen and oxygen atoms in total. The Morgan fingerprint density at radius 3 is 2.34 bits per heavy atom. The van der Waals surface area contributed by atoms with Crippen LogP contribution in [0, 0.1) is 4.91 Å². The number of quaternary nitrogens is 1. The lowest BCUT2D eigenvalue weighted by Crippen LogP contribution is -2.62. The molecule has 178 valence electrons. The third-order valence-electron chi connectivity index (χ3n) is 7.35. The Kier molecular flexibility index (Phi) is 4.62. The van der Waals surface area contributed by atoms with Crippen LogP contribution in [0.1, 0.15) is 5.56 Å². The van der Waals surface area contributed by atoms with E-state index in [9.17, 15) is 28.1 Å². The highest BCUT2D eigenvalue weighted by Gasteiger charge is 2.74. The molecule has 3 aromatic rings. The summed E-state index contributed by atoms with van der Waals surface area (Å²) in [7, 11) is -3.78. The van der Waals surface area contributed by atoms with Crippen molar-refractivity contribution >= 4 is 43.9 Å². The summed E-state index contributed by atoms with van der Waals surface area (Å²) in [5.41, 5.74) is 0.871. The van der Waals surface area contributed by atoms with E-state index >= 15 is 0 Å². The van der Waals surface area contributed by atoms with Crippen LogP contribution in [0.4, 0.5) is 16.2 Å². The average Bonchev–Trinajstić information content (AvgIpc) is 3.48. The molecule has 6 rings (SSSR count). The molecule has 2 bridgehead atoms. The molecule has 11 heteroatoms. The van der Waals surface area contributed by atoms with Crippen molar-refractivity contribution in [3.63, 3.8) is 0 Å². The molecule has 3 saturated heterocycles. The van der Waals surface area contributed by atoms with Crippen LogP contribution >= 0.6 is 0 Å². The Bertz CT molecular complexity index is 1530. The summed E-state index contributed by atoms with van der Waals surface area (Å²) in [5.74, 6) is -0.674. The number of hydrogen-bond donors (Lipinski definition) is 1. The maximum Gasteiger partial charge on any atom is 0.433 e.